The van der Waals surface area contributed by atoms with Crippen molar-refractivity contribution >= 4 is 74.4 Å². The van der Waals surface area contributed by atoms with Gasteiger partial charge in [0.1, 0.15) is 5.71 Å². The summed E-state index contributed by atoms with van der Waals surface area (Å²) in [5, 5.41) is 6.51. The SMILES string of the molecule is C[C@H]1C(C(=O)Cl)=NN(c2ccc(Cl)cc2Cl)[C@H]1c1ccc(Cl)s1. The van der Waals surface area contributed by atoms with Crippen LogP contribution in [0.25, 0.3) is 0 Å². The number of hydrogen-bond donors (Lipinski definition) is 0. The molecular weight excluding hydrogens is 398 g/mol. The molecule has 0 N–H and O–H groups in total. The molecule has 0 spiro atoms. The van der Waals surface area contributed by atoms with E-state index >= 15 is 0 Å². The van der Waals surface area contributed by atoms with Gasteiger partial charge in [0.05, 0.1) is 21.1 Å². The molecule has 0 fully saturated rings. The normalized spacial score (nSPS) is 20.7. The molecule has 0 saturated heterocycles. The van der Waals surface area contributed by atoms with Crippen LogP contribution < -0.4 is 5.01 Å². The number of hydrazone groups is 1. The molecule has 0 bridgehead atoms. The second-order valence-corrected chi connectivity index (χ2v) is 8.01. The Balaban J connectivity index is 2.11. The molecule has 2 aromatic rings. The van der Waals surface area contributed by atoms with Gasteiger partial charge in [0.2, 0.25) is 0 Å². The monoisotopic (exact) mass is 406 g/mol. The summed E-state index contributed by atoms with van der Waals surface area (Å²) in [4.78, 5) is 12.7. The van der Waals surface area contributed by atoms with Crippen LogP contribution in [0.5, 0.6) is 0 Å². The lowest BCUT2D eigenvalue weighted by Gasteiger charge is -2.26. The molecular formula is C15H10Cl4N2OS. The molecule has 2 atom stereocenters. The topological polar surface area (TPSA) is 32.7 Å². The Morgan fingerprint density at radius 2 is 1.96 bits per heavy atom. The number of rotatable bonds is 3. The van der Waals surface area contributed by atoms with Crippen molar-refractivity contribution < 1.29 is 4.79 Å². The van der Waals surface area contributed by atoms with Gasteiger partial charge in [0.15, 0.2) is 0 Å². The fraction of sp³-hybridized carbons (Fsp3) is 0.200. The number of hydrogen-bond acceptors (Lipinski definition) is 4. The lowest BCUT2D eigenvalue weighted by Crippen LogP contribution is -2.24. The van der Waals surface area contributed by atoms with Gasteiger partial charge in [-0.1, -0.05) is 41.7 Å². The number of nitrogens with zero attached hydrogens (tertiary/aromatic N) is 2. The Hall–Kier alpha value is -0.780. The van der Waals surface area contributed by atoms with Crippen molar-refractivity contribution in [3.8, 4) is 0 Å². The highest BCUT2D eigenvalue weighted by atomic mass is 35.5. The molecule has 23 heavy (non-hydrogen) atoms. The maximum absolute atomic E-state index is 11.7. The molecule has 1 aliphatic rings. The molecule has 120 valence electrons. The standard InChI is InChI=1S/C15H10Cl4N2OS/c1-7-13(15(19)22)20-21(10-3-2-8(16)6-9(10)17)14(7)11-4-5-12(18)23-11/h2-7,14H,1H3/t7-,14+/m0/s1. The van der Waals surface area contributed by atoms with Crippen LogP contribution in [-0.2, 0) is 4.79 Å². The van der Waals surface area contributed by atoms with Gasteiger partial charge in [0, 0.05) is 15.8 Å². The van der Waals surface area contributed by atoms with Crippen molar-refractivity contribution in [3.05, 3.63) is 49.6 Å². The Bertz CT molecular complexity index is 805. The van der Waals surface area contributed by atoms with E-state index in [9.17, 15) is 4.79 Å². The first-order chi connectivity index (χ1) is 10.9. The molecule has 3 rings (SSSR count). The van der Waals surface area contributed by atoms with Crippen LogP contribution in [0.2, 0.25) is 14.4 Å². The van der Waals surface area contributed by atoms with Crippen LogP contribution in [0.1, 0.15) is 17.8 Å². The summed E-state index contributed by atoms with van der Waals surface area (Å²) in [6.07, 6.45) is 0. The first-order valence-electron chi connectivity index (χ1n) is 6.66. The smallest absolute Gasteiger partial charge is 0.268 e. The summed E-state index contributed by atoms with van der Waals surface area (Å²) in [7, 11) is 0. The third-order valence-corrected chi connectivity index (χ3v) is 5.66. The molecule has 1 aromatic carbocycles. The largest absolute Gasteiger partial charge is 0.274 e. The summed E-state index contributed by atoms with van der Waals surface area (Å²) in [6.45, 7) is 1.90. The Kier molecular flexibility index (Phi) is 4.90. The summed E-state index contributed by atoms with van der Waals surface area (Å²) in [5.41, 5.74) is 0.956. The van der Waals surface area contributed by atoms with Crippen LogP contribution in [0.4, 0.5) is 5.69 Å². The van der Waals surface area contributed by atoms with Crippen molar-refractivity contribution in [2.24, 2.45) is 11.0 Å². The summed E-state index contributed by atoms with van der Waals surface area (Å²) < 4.78 is 0.667. The summed E-state index contributed by atoms with van der Waals surface area (Å²) >= 11 is 25.4. The maximum atomic E-state index is 11.7. The number of benzene rings is 1. The van der Waals surface area contributed by atoms with E-state index in [2.05, 4.69) is 5.10 Å². The van der Waals surface area contributed by atoms with Crippen molar-refractivity contribution in [1.82, 2.24) is 0 Å². The van der Waals surface area contributed by atoms with Gasteiger partial charge in [-0.05, 0) is 41.9 Å². The van der Waals surface area contributed by atoms with E-state index in [1.165, 1.54) is 11.3 Å². The third kappa shape index (κ3) is 3.24. The second-order valence-electron chi connectivity index (χ2n) is 5.07. The van der Waals surface area contributed by atoms with E-state index in [0.717, 1.165) is 4.88 Å². The zero-order valence-electron chi connectivity index (χ0n) is 11.8. The van der Waals surface area contributed by atoms with E-state index < -0.39 is 5.24 Å². The number of anilines is 1. The molecule has 2 heterocycles. The van der Waals surface area contributed by atoms with Gasteiger partial charge < -0.3 is 0 Å². The molecule has 0 aliphatic carbocycles. The van der Waals surface area contributed by atoms with Crippen molar-refractivity contribution in [1.29, 1.82) is 0 Å². The molecule has 0 radical (unpaired) electrons. The van der Waals surface area contributed by atoms with Crippen molar-refractivity contribution in [2.45, 2.75) is 13.0 Å². The van der Waals surface area contributed by atoms with Gasteiger partial charge in [-0.3, -0.25) is 9.80 Å². The van der Waals surface area contributed by atoms with Crippen LogP contribution >= 0.6 is 57.7 Å². The number of halogens is 4. The van der Waals surface area contributed by atoms with Gasteiger partial charge >= 0.3 is 0 Å². The fourth-order valence-corrected chi connectivity index (χ4v) is 4.53. The van der Waals surface area contributed by atoms with Gasteiger partial charge in [-0.25, -0.2) is 0 Å². The zero-order chi connectivity index (χ0) is 16.7. The quantitative estimate of drug-likeness (QED) is 0.582. The average Bonchev–Trinajstić information content (AvgIpc) is 3.02. The van der Waals surface area contributed by atoms with Crippen molar-refractivity contribution in [3.63, 3.8) is 0 Å². The highest BCUT2D eigenvalue weighted by Crippen LogP contribution is 2.44. The Morgan fingerprint density at radius 3 is 2.52 bits per heavy atom. The predicted octanol–water partition coefficient (Wildman–Crippen LogP) is 6.03. The minimum Gasteiger partial charge on any atom is -0.274 e. The molecule has 1 aromatic heterocycles. The number of carbonyl (C=O) groups excluding carboxylic acids is 1. The van der Waals surface area contributed by atoms with Gasteiger partial charge in [0.25, 0.3) is 5.24 Å². The molecule has 3 nitrogen and oxygen atoms in total. The van der Waals surface area contributed by atoms with E-state index in [0.29, 0.717) is 25.8 Å². The second kappa shape index (κ2) is 6.61. The first-order valence-corrected chi connectivity index (χ1v) is 8.99. The first kappa shape index (κ1) is 17.1. The minimum atomic E-state index is -0.572. The average molecular weight is 408 g/mol. The summed E-state index contributed by atoms with van der Waals surface area (Å²) in [6, 6.07) is 8.66. The highest BCUT2D eigenvalue weighted by molar-refractivity contribution is 7.16. The Morgan fingerprint density at radius 1 is 1.22 bits per heavy atom. The van der Waals surface area contributed by atoms with E-state index in [4.69, 9.17) is 46.4 Å². The van der Waals surface area contributed by atoms with Crippen molar-refractivity contribution in [2.75, 3.05) is 5.01 Å². The number of carbonyl (C=O) groups is 1. The van der Waals surface area contributed by atoms with Crippen LogP contribution in [-0.4, -0.2) is 11.0 Å². The minimum absolute atomic E-state index is 0.193. The lowest BCUT2D eigenvalue weighted by atomic mass is 9.96. The molecule has 8 heteroatoms. The zero-order valence-corrected chi connectivity index (χ0v) is 15.6. The maximum Gasteiger partial charge on any atom is 0.268 e. The summed E-state index contributed by atoms with van der Waals surface area (Å²) in [5.74, 6) is -0.193. The van der Waals surface area contributed by atoms with Crippen LogP contribution in [0, 0.1) is 5.92 Å². The lowest BCUT2D eigenvalue weighted by molar-refractivity contribution is -0.106. The van der Waals surface area contributed by atoms with E-state index in [1.807, 2.05) is 19.1 Å². The Labute approximate surface area is 157 Å². The predicted molar refractivity (Wildman–Crippen MR) is 98.5 cm³/mol. The number of thiophene rings is 1. The molecule has 0 unspecified atom stereocenters. The molecule has 0 amide bonds. The molecule has 1 aliphatic heterocycles. The highest BCUT2D eigenvalue weighted by Gasteiger charge is 2.40. The van der Waals surface area contributed by atoms with Crippen LogP contribution in [0.3, 0.4) is 0 Å². The van der Waals surface area contributed by atoms with Gasteiger partial charge in [-0.15, -0.1) is 11.3 Å². The third-order valence-electron chi connectivity index (χ3n) is 3.63. The van der Waals surface area contributed by atoms with Gasteiger partial charge in [-0.2, -0.15) is 5.10 Å². The molecule has 0 saturated carbocycles. The van der Waals surface area contributed by atoms with Crippen LogP contribution in [0.15, 0.2) is 35.4 Å². The van der Waals surface area contributed by atoms with E-state index in [-0.39, 0.29) is 12.0 Å². The fourth-order valence-electron chi connectivity index (χ4n) is 2.57. The van der Waals surface area contributed by atoms with E-state index in [1.54, 1.807) is 23.2 Å².